The maximum atomic E-state index is 12.3. The molecule has 0 aliphatic rings. The van der Waals surface area contributed by atoms with Crippen LogP contribution in [0.3, 0.4) is 0 Å². The number of hydrogen-bond donors (Lipinski definition) is 2. The summed E-state index contributed by atoms with van der Waals surface area (Å²) in [4.78, 5) is 23.3. The third kappa shape index (κ3) is 3.32. The Morgan fingerprint density at radius 2 is 1.81 bits per heavy atom. The van der Waals surface area contributed by atoms with Crippen molar-refractivity contribution in [2.75, 3.05) is 6.61 Å². The number of carboxylic acid groups (broad SMARTS) is 1. The van der Waals surface area contributed by atoms with Gasteiger partial charge in [0, 0.05) is 18.2 Å². The lowest BCUT2D eigenvalue weighted by molar-refractivity contribution is 0.0694. The topological polar surface area (TPSA) is 79.5 Å². The molecule has 0 spiro atoms. The Labute approximate surface area is 126 Å². The van der Waals surface area contributed by atoms with Crippen LogP contribution < -0.4 is 5.56 Å². The number of hydrogen-bond acceptors (Lipinski definition) is 3. The van der Waals surface area contributed by atoms with Crippen LogP contribution in [0, 0.1) is 0 Å². The third-order valence-corrected chi connectivity index (χ3v) is 3.34. The Bertz CT molecular complexity index is 707. The molecule has 5 nitrogen and oxygen atoms in total. The van der Waals surface area contributed by atoms with Crippen LogP contribution in [0.1, 0.15) is 16.8 Å². The van der Waals surface area contributed by atoms with Crippen molar-refractivity contribution in [3.63, 3.8) is 0 Å². The first-order valence-electron chi connectivity index (χ1n) is 6.38. The van der Waals surface area contributed by atoms with E-state index >= 15 is 0 Å². The van der Waals surface area contributed by atoms with Gasteiger partial charge in [0.25, 0.3) is 5.56 Å². The lowest BCUT2D eigenvalue weighted by Gasteiger charge is -2.13. The van der Waals surface area contributed by atoms with E-state index in [2.05, 4.69) is 0 Å². The van der Waals surface area contributed by atoms with Crippen LogP contribution in [0.4, 0.5) is 0 Å². The summed E-state index contributed by atoms with van der Waals surface area (Å²) < 4.78 is 1.36. The van der Waals surface area contributed by atoms with Crippen molar-refractivity contribution in [3.05, 3.63) is 57.3 Å². The van der Waals surface area contributed by atoms with Gasteiger partial charge in [0.2, 0.25) is 0 Å². The van der Waals surface area contributed by atoms with Crippen molar-refractivity contribution in [2.24, 2.45) is 0 Å². The molecule has 2 N–H and O–H groups in total. The predicted molar refractivity (Wildman–Crippen MR) is 79.8 cm³/mol. The second-order valence-electron chi connectivity index (χ2n) is 4.48. The largest absolute Gasteiger partial charge is 0.477 e. The molecule has 21 heavy (non-hydrogen) atoms. The summed E-state index contributed by atoms with van der Waals surface area (Å²) in [5.74, 6) is -1.26. The SMILES string of the molecule is O=C(O)c1ccc(-c2ccc(Cl)cc2)n(CCCO)c1=O. The van der Waals surface area contributed by atoms with E-state index in [0.717, 1.165) is 5.56 Å². The van der Waals surface area contributed by atoms with Crippen molar-refractivity contribution < 1.29 is 15.0 Å². The van der Waals surface area contributed by atoms with Gasteiger partial charge in [0.15, 0.2) is 0 Å². The van der Waals surface area contributed by atoms with Gasteiger partial charge in [-0.05, 0) is 36.2 Å². The Morgan fingerprint density at radius 3 is 2.38 bits per heavy atom. The molecule has 0 aliphatic carbocycles. The summed E-state index contributed by atoms with van der Waals surface area (Å²) in [5.41, 5.74) is 0.482. The molecule has 0 saturated carbocycles. The lowest BCUT2D eigenvalue weighted by atomic mass is 10.1. The zero-order valence-corrected chi connectivity index (χ0v) is 11.9. The number of benzene rings is 1. The quantitative estimate of drug-likeness (QED) is 0.888. The monoisotopic (exact) mass is 307 g/mol. The molecule has 6 heteroatoms. The fourth-order valence-electron chi connectivity index (χ4n) is 2.06. The highest BCUT2D eigenvalue weighted by atomic mass is 35.5. The van der Waals surface area contributed by atoms with Crippen LogP contribution in [0.5, 0.6) is 0 Å². The second kappa shape index (κ2) is 6.56. The van der Waals surface area contributed by atoms with Crippen LogP contribution in [0.2, 0.25) is 5.02 Å². The molecule has 0 fully saturated rings. The summed E-state index contributed by atoms with van der Waals surface area (Å²) >= 11 is 5.84. The standard InChI is InChI=1S/C15H14ClNO4/c16-11-4-2-10(3-5-11)13-7-6-12(15(20)21)14(19)17(13)8-1-9-18/h2-7,18H,1,8-9H2,(H,20,21). The Kier molecular flexibility index (Phi) is 4.77. The molecule has 1 heterocycles. The number of aliphatic hydroxyl groups is 1. The predicted octanol–water partition coefficient (Wildman–Crippen LogP) is 2.25. The minimum absolute atomic E-state index is 0.0796. The van der Waals surface area contributed by atoms with Crippen LogP contribution in [-0.2, 0) is 6.54 Å². The zero-order chi connectivity index (χ0) is 15.4. The van der Waals surface area contributed by atoms with Gasteiger partial charge in [0.1, 0.15) is 5.56 Å². The first kappa shape index (κ1) is 15.3. The van der Waals surface area contributed by atoms with Gasteiger partial charge < -0.3 is 14.8 Å². The fourth-order valence-corrected chi connectivity index (χ4v) is 2.19. The Balaban J connectivity index is 2.59. The fraction of sp³-hybridized carbons (Fsp3) is 0.200. The maximum Gasteiger partial charge on any atom is 0.341 e. The molecule has 0 aliphatic heterocycles. The van der Waals surface area contributed by atoms with Crippen LogP contribution >= 0.6 is 11.6 Å². The van der Waals surface area contributed by atoms with Crippen molar-refractivity contribution in [1.82, 2.24) is 4.57 Å². The summed E-state index contributed by atoms with van der Waals surface area (Å²) in [6, 6.07) is 9.79. The van der Waals surface area contributed by atoms with Crippen LogP contribution in [0.15, 0.2) is 41.2 Å². The molecule has 1 aromatic carbocycles. The molecule has 0 radical (unpaired) electrons. The Morgan fingerprint density at radius 1 is 1.14 bits per heavy atom. The molecule has 0 bridgehead atoms. The normalized spacial score (nSPS) is 10.6. The number of rotatable bonds is 5. The molecule has 110 valence electrons. The molecule has 2 rings (SSSR count). The third-order valence-electron chi connectivity index (χ3n) is 3.08. The average molecular weight is 308 g/mol. The van der Waals surface area contributed by atoms with Gasteiger partial charge in [-0.15, -0.1) is 0 Å². The van der Waals surface area contributed by atoms with E-state index in [9.17, 15) is 9.59 Å². The highest BCUT2D eigenvalue weighted by molar-refractivity contribution is 6.30. The smallest absolute Gasteiger partial charge is 0.341 e. The van der Waals surface area contributed by atoms with Crippen molar-refractivity contribution in [1.29, 1.82) is 0 Å². The summed E-state index contributed by atoms with van der Waals surface area (Å²) in [7, 11) is 0. The average Bonchev–Trinajstić information content (AvgIpc) is 2.46. The number of pyridine rings is 1. The molecular weight excluding hydrogens is 294 g/mol. The van der Waals surface area contributed by atoms with E-state index in [1.807, 2.05) is 0 Å². The van der Waals surface area contributed by atoms with E-state index in [1.54, 1.807) is 30.3 Å². The number of aliphatic hydroxyl groups excluding tert-OH is 1. The van der Waals surface area contributed by atoms with E-state index in [4.69, 9.17) is 21.8 Å². The minimum atomic E-state index is -1.26. The van der Waals surface area contributed by atoms with Gasteiger partial charge >= 0.3 is 5.97 Å². The molecule has 0 saturated heterocycles. The number of nitrogens with zero attached hydrogens (tertiary/aromatic N) is 1. The first-order valence-corrected chi connectivity index (χ1v) is 6.76. The zero-order valence-electron chi connectivity index (χ0n) is 11.1. The first-order chi connectivity index (χ1) is 10.0. The minimum Gasteiger partial charge on any atom is -0.477 e. The van der Waals surface area contributed by atoms with Gasteiger partial charge in [-0.3, -0.25) is 4.79 Å². The van der Waals surface area contributed by atoms with Crippen molar-refractivity contribution in [2.45, 2.75) is 13.0 Å². The number of aromatic carboxylic acids is 1. The van der Waals surface area contributed by atoms with Gasteiger partial charge in [-0.1, -0.05) is 23.7 Å². The highest BCUT2D eigenvalue weighted by Gasteiger charge is 2.14. The van der Waals surface area contributed by atoms with Gasteiger partial charge in [-0.2, -0.15) is 0 Å². The number of carbonyl (C=O) groups is 1. The van der Waals surface area contributed by atoms with Crippen LogP contribution in [-0.4, -0.2) is 27.4 Å². The summed E-state index contributed by atoms with van der Waals surface area (Å²) in [5, 5.41) is 18.6. The Hall–Kier alpha value is -2.11. The molecule has 2 aromatic rings. The van der Waals surface area contributed by atoms with E-state index < -0.39 is 11.5 Å². The highest BCUT2D eigenvalue weighted by Crippen LogP contribution is 2.21. The number of aromatic nitrogens is 1. The molecule has 1 aromatic heterocycles. The molecular formula is C15H14ClNO4. The van der Waals surface area contributed by atoms with Crippen molar-refractivity contribution in [3.8, 4) is 11.3 Å². The molecule has 0 amide bonds. The number of halogens is 1. The van der Waals surface area contributed by atoms with Gasteiger partial charge in [-0.25, -0.2) is 4.79 Å². The lowest BCUT2D eigenvalue weighted by Crippen LogP contribution is -2.27. The molecule has 0 unspecified atom stereocenters. The van der Waals surface area contributed by atoms with E-state index in [1.165, 1.54) is 10.6 Å². The second-order valence-corrected chi connectivity index (χ2v) is 4.91. The van der Waals surface area contributed by atoms with E-state index in [-0.39, 0.29) is 18.7 Å². The summed E-state index contributed by atoms with van der Waals surface area (Å²) in [6.07, 6.45) is 0.365. The van der Waals surface area contributed by atoms with Crippen LogP contribution in [0.25, 0.3) is 11.3 Å². The maximum absolute atomic E-state index is 12.3. The number of carboxylic acids is 1. The summed E-state index contributed by atoms with van der Waals surface area (Å²) in [6.45, 7) is 0.165. The van der Waals surface area contributed by atoms with Crippen molar-refractivity contribution >= 4 is 17.6 Å². The van der Waals surface area contributed by atoms with Gasteiger partial charge in [0.05, 0.1) is 5.69 Å². The van der Waals surface area contributed by atoms with E-state index in [0.29, 0.717) is 17.1 Å². The molecule has 0 atom stereocenters.